The molecule has 1 N–H and O–H groups in total. The lowest BCUT2D eigenvalue weighted by Gasteiger charge is -2.12. The highest BCUT2D eigenvalue weighted by atomic mass is 32.2. The van der Waals surface area contributed by atoms with Crippen LogP contribution in [0.2, 0.25) is 0 Å². The summed E-state index contributed by atoms with van der Waals surface area (Å²) in [4.78, 5) is 3.97. The van der Waals surface area contributed by atoms with Crippen LogP contribution in [0.15, 0.2) is 35.2 Å². The zero-order valence-electron chi connectivity index (χ0n) is 11.4. The Morgan fingerprint density at radius 3 is 2.55 bits per heavy atom. The van der Waals surface area contributed by atoms with Gasteiger partial charge in [0.15, 0.2) is 0 Å². The maximum atomic E-state index is 11.2. The summed E-state index contributed by atoms with van der Waals surface area (Å²) in [6.07, 6.45) is 2.53. The Kier molecular flexibility index (Phi) is 4.51. The van der Waals surface area contributed by atoms with E-state index in [1.54, 1.807) is 0 Å². The third kappa shape index (κ3) is 4.43. The average molecular weight is 295 g/mol. The van der Waals surface area contributed by atoms with Crippen LogP contribution in [-0.2, 0) is 16.4 Å². The van der Waals surface area contributed by atoms with Crippen LogP contribution in [0.3, 0.4) is 0 Å². The summed E-state index contributed by atoms with van der Waals surface area (Å²) in [6, 6.07) is 7.63. The molecule has 20 heavy (non-hydrogen) atoms. The molecule has 0 amide bonds. The predicted octanol–water partition coefficient (Wildman–Crippen LogP) is 1.26. The van der Waals surface area contributed by atoms with Gasteiger partial charge < -0.3 is 9.84 Å². The minimum absolute atomic E-state index is 0.0816. The normalized spacial score (nSPS) is 13.3. The molecule has 0 saturated carbocycles. The van der Waals surface area contributed by atoms with E-state index in [9.17, 15) is 8.42 Å². The molecule has 0 radical (unpaired) electrons. The summed E-state index contributed by atoms with van der Waals surface area (Å²) in [7, 11) is -2.95. The maximum Gasteiger partial charge on any atom is 0.214 e. The molecule has 0 aliphatic rings. The van der Waals surface area contributed by atoms with Gasteiger partial charge in [-0.2, -0.15) is 4.98 Å². The molecule has 1 aromatic carbocycles. The molecule has 2 aromatic rings. The molecular formula is C13H17N3O3S. The van der Waals surface area contributed by atoms with Crippen LogP contribution in [0.25, 0.3) is 11.4 Å². The van der Waals surface area contributed by atoms with Crippen molar-refractivity contribution in [3.05, 3.63) is 36.2 Å². The zero-order chi connectivity index (χ0) is 14.6. The molecule has 6 nitrogen and oxygen atoms in total. The monoisotopic (exact) mass is 295 g/mol. The smallest absolute Gasteiger partial charge is 0.214 e. The molecule has 2 rings (SSSR count). The largest absolute Gasteiger partial charge is 0.342 e. The molecule has 0 aliphatic heterocycles. The Balaban J connectivity index is 1.91. The van der Waals surface area contributed by atoms with Crippen LogP contribution >= 0.6 is 0 Å². The number of benzene rings is 1. The number of rotatable bonds is 6. The number of sulfone groups is 1. The van der Waals surface area contributed by atoms with Crippen molar-refractivity contribution in [3.63, 3.8) is 0 Å². The first-order valence-electron chi connectivity index (χ1n) is 6.21. The molecule has 0 bridgehead atoms. The molecule has 0 unspecified atom stereocenters. The van der Waals surface area contributed by atoms with Gasteiger partial charge in [-0.15, -0.1) is 0 Å². The van der Waals surface area contributed by atoms with Crippen molar-refractivity contribution in [2.24, 2.45) is 0 Å². The molecule has 0 aliphatic carbocycles. The van der Waals surface area contributed by atoms with Gasteiger partial charge in [0, 0.05) is 24.4 Å². The number of hydrogen-bond acceptors (Lipinski definition) is 6. The zero-order valence-corrected chi connectivity index (χ0v) is 12.2. The van der Waals surface area contributed by atoms with Gasteiger partial charge in [-0.25, -0.2) is 8.42 Å². The molecule has 7 heteroatoms. The van der Waals surface area contributed by atoms with E-state index in [2.05, 4.69) is 15.5 Å². The van der Waals surface area contributed by atoms with E-state index in [1.807, 2.05) is 31.2 Å². The van der Waals surface area contributed by atoms with E-state index in [0.717, 1.165) is 11.1 Å². The van der Waals surface area contributed by atoms with Crippen molar-refractivity contribution in [2.75, 3.05) is 12.0 Å². The Labute approximate surface area is 118 Å². The Hall–Kier alpha value is -1.73. The highest BCUT2D eigenvalue weighted by Crippen LogP contribution is 2.15. The standard InChI is InChI=1S/C13H17N3O3S/c1-10(8-20(2,17)18)14-7-11-3-5-12(6-4-11)13-15-9-19-16-13/h3-6,9-10,14H,7-8H2,1-2H3/t10-/m0/s1. The van der Waals surface area contributed by atoms with Crippen LogP contribution in [0.5, 0.6) is 0 Å². The highest BCUT2D eigenvalue weighted by molar-refractivity contribution is 7.90. The van der Waals surface area contributed by atoms with Gasteiger partial charge in [-0.05, 0) is 12.5 Å². The van der Waals surface area contributed by atoms with E-state index in [0.29, 0.717) is 12.4 Å². The van der Waals surface area contributed by atoms with Crippen LogP contribution in [0.1, 0.15) is 12.5 Å². The maximum absolute atomic E-state index is 11.2. The first-order valence-corrected chi connectivity index (χ1v) is 8.27. The van der Waals surface area contributed by atoms with Crippen molar-refractivity contribution in [1.29, 1.82) is 0 Å². The van der Waals surface area contributed by atoms with Crippen molar-refractivity contribution >= 4 is 9.84 Å². The van der Waals surface area contributed by atoms with Crippen molar-refractivity contribution in [2.45, 2.75) is 19.5 Å². The van der Waals surface area contributed by atoms with Crippen LogP contribution < -0.4 is 5.32 Å². The van der Waals surface area contributed by atoms with E-state index in [-0.39, 0.29) is 11.8 Å². The molecule has 1 atom stereocenters. The Morgan fingerprint density at radius 1 is 1.30 bits per heavy atom. The minimum atomic E-state index is -2.95. The van der Waals surface area contributed by atoms with E-state index >= 15 is 0 Å². The second kappa shape index (κ2) is 6.15. The van der Waals surface area contributed by atoms with Gasteiger partial charge in [0.1, 0.15) is 9.84 Å². The number of aromatic nitrogens is 2. The first-order chi connectivity index (χ1) is 9.44. The summed E-state index contributed by atoms with van der Waals surface area (Å²) >= 11 is 0. The summed E-state index contributed by atoms with van der Waals surface area (Å²) in [6.45, 7) is 2.47. The third-order valence-electron chi connectivity index (χ3n) is 2.78. The molecular weight excluding hydrogens is 278 g/mol. The molecule has 108 valence electrons. The third-order valence-corrected chi connectivity index (χ3v) is 3.89. The Morgan fingerprint density at radius 2 is 2.00 bits per heavy atom. The number of hydrogen-bond donors (Lipinski definition) is 1. The molecule has 0 spiro atoms. The molecule has 0 saturated heterocycles. The fraction of sp³-hybridized carbons (Fsp3) is 0.385. The molecule has 1 heterocycles. The van der Waals surface area contributed by atoms with Crippen LogP contribution in [0, 0.1) is 0 Å². The van der Waals surface area contributed by atoms with Crippen molar-refractivity contribution in [1.82, 2.24) is 15.5 Å². The molecule has 0 fully saturated rings. The van der Waals surface area contributed by atoms with Gasteiger partial charge in [0.25, 0.3) is 0 Å². The molecule has 1 aromatic heterocycles. The topological polar surface area (TPSA) is 85.1 Å². The number of nitrogens with one attached hydrogen (secondary N) is 1. The van der Waals surface area contributed by atoms with Gasteiger partial charge in [0.2, 0.25) is 12.2 Å². The lowest BCUT2D eigenvalue weighted by atomic mass is 10.1. The Bertz CT molecular complexity index is 636. The van der Waals surface area contributed by atoms with E-state index < -0.39 is 9.84 Å². The SMILES string of the molecule is C[C@@H](CS(C)(=O)=O)NCc1ccc(-c2ncon2)cc1. The van der Waals surface area contributed by atoms with Crippen LogP contribution in [-0.4, -0.2) is 36.6 Å². The van der Waals surface area contributed by atoms with Gasteiger partial charge in [-0.3, -0.25) is 0 Å². The van der Waals surface area contributed by atoms with Gasteiger partial charge in [-0.1, -0.05) is 29.4 Å². The van der Waals surface area contributed by atoms with E-state index in [1.165, 1.54) is 12.6 Å². The lowest BCUT2D eigenvalue weighted by molar-refractivity contribution is 0.419. The minimum Gasteiger partial charge on any atom is -0.342 e. The van der Waals surface area contributed by atoms with Gasteiger partial charge >= 0.3 is 0 Å². The summed E-state index contributed by atoms with van der Waals surface area (Å²) in [5.74, 6) is 0.684. The summed E-state index contributed by atoms with van der Waals surface area (Å²) < 4.78 is 27.0. The van der Waals surface area contributed by atoms with E-state index in [4.69, 9.17) is 4.52 Å². The predicted molar refractivity (Wildman–Crippen MR) is 75.7 cm³/mol. The average Bonchev–Trinajstić information content (AvgIpc) is 2.89. The fourth-order valence-electron chi connectivity index (χ4n) is 1.87. The van der Waals surface area contributed by atoms with Gasteiger partial charge in [0.05, 0.1) is 5.75 Å². The first kappa shape index (κ1) is 14.7. The highest BCUT2D eigenvalue weighted by Gasteiger charge is 2.10. The quantitative estimate of drug-likeness (QED) is 0.863. The van der Waals surface area contributed by atoms with Crippen molar-refractivity contribution in [3.8, 4) is 11.4 Å². The lowest BCUT2D eigenvalue weighted by Crippen LogP contribution is -2.32. The van der Waals surface area contributed by atoms with Crippen molar-refractivity contribution < 1.29 is 12.9 Å². The second-order valence-corrected chi connectivity index (χ2v) is 7.01. The number of nitrogens with zero attached hydrogens (tertiary/aromatic N) is 2. The fourth-order valence-corrected chi connectivity index (χ4v) is 2.90. The summed E-state index contributed by atoms with van der Waals surface area (Å²) in [5, 5.41) is 6.94. The summed E-state index contributed by atoms with van der Waals surface area (Å²) in [5.41, 5.74) is 1.95. The second-order valence-electron chi connectivity index (χ2n) is 4.83. The van der Waals surface area contributed by atoms with Crippen LogP contribution in [0.4, 0.5) is 0 Å².